The molecule has 0 aliphatic carbocycles. The molecular weight excluding hydrogens is 328 g/mol. The molecule has 2 rings (SSSR count). The van der Waals surface area contributed by atoms with Crippen LogP contribution in [0.15, 0.2) is 27.6 Å². The molecule has 4 nitrogen and oxygen atoms in total. The predicted molar refractivity (Wildman–Crippen MR) is 79.7 cm³/mol. The van der Waals surface area contributed by atoms with Gasteiger partial charge in [0.1, 0.15) is 0 Å². The highest BCUT2D eigenvalue weighted by Crippen LogP contribution is 2.24. The summed E-state index contributed by atoms with van der Waals surface area (Å²) in [6.45, 7) is 3.07. The SMILES string of the molecule is CNC1CCN(S(=O)(=O)c2cc(C)cc(Br)c2)CC1. The third-order valence-corrected chi connectivity index (χ3v) is 5.85. The van der Waals surface area contributed by atoms with E-state index in [1.54, 1.807) is 16.4 Å². The van der Waals surface area contributed by atoms with Crippen molar-refractivity contribution in [3.05, 3.63) is 28.2 Å². The Bertz CT molecular complexity index is 532. The zero-order valence-electron chi connectivity index (χ0n) is 11.2. The summed E-state index contributed by atoms with van der Waals surface area (Å²) >= 11 is 3.36. The number of piperidine rings is 1. The Hall–Kier alpha value is -0.430. The zero-order chi connectivity index (χ0) is 14.0. The maximum atomic E-state index is 12.6. The Morgan fingerprint density at radius 2 is 1.89 bits per heavy atom. The Labute approximate surface area is 123 Å². The minimum atomic E-state index is -3.36. The molecule has 1 N–H and O–H groups in total. The summed E-state index contributed by atoms with van der Waals surface area (Å²) < 4.78 is 27.5. The molecule has 106 valence electrons. The van der Waals surface area contributed by atoms with Crippen LogP contribution in [-0.2, 0) is 10.0 Å². The quantitative estimate of drug-likeness (QED) is 0.911. The monoisotopic (exact) mass is 346 g/mol. The fourth-order valence-electron chi connectivity index (χ4n) is 2.39. The van der Waals surface area contributed by atoms with Crippen molar-refractivity contribution in [2.45, 2.75) is 30.7 Å². The predicted octanol–water partition coefficient (Wildman–Crippen LogP) is 2.13. The molecule has 0 saturated carbocycles. The number of nitrogens with one attached hydrogen (secondary N) is 1. The molecule has 6 heteroatoms. The van der Waals surface area contributed by atoms with Gasteiger partial charge in [0.05, 0.1) is 4.90 Å². The Morgan fingerprint density at radius 3 is 2.42 bits per heavy atom. The summed E-state index contributed by atoms with van der Waals surface area (Å²) in [4.78, 5) is 0.377. The number of sulfonamides is 1. The number of hydrogen-bond acceptors (Lipinski definition) is 3. The van der Waals surface area contributed by atoms with Crippen molar-refractivity contribution in [3.8, 4) is 0 Å². The normalized spacial score (nSPS) is 18.7. The van der Waals surface area contributed by atoms with E-state index in [2.05, 4.69) is 21.2 Å². The summed E-state index contributed by atoms with van der Waals surface area (Å²) in [6.07, 6.45) is 1.73. The second-order valence-electron chi connectivity index (χ2n) is 4.93. The molecule has 0 spiro atoms. The molecule has 19 heavy (non-hydrogen) atoms. The second kappa shape index (κ2) is 5.91. The Kier molecular flexibility index (Phi) is 4.66. The van der Waals surface area contributed by atoms with Crippen molar-refractivity contribution in [1.29, 1.82) is 0 Å². The van der Waals surface area contributed by atoms with Gasteiger partial charge in [-0.3, -0.25) is 0 Å². The van der Waals surface area contributed by atoms with E-state index in [-0.39, 0.29) is 0 Å². The van der Waals surface area contributed by atoms with Crippen molar-refractivity contribution < 1.29 is 8.42 Å². The van der Waals surface area contributed by atoms with E-state index in [1.807, 2.05) is 20.0 Å². The third-order valence-electron chi connectivity index (χ3n) is 3.52. The molecule has 0 amide bonds. The standard InChI is InChI=1S/C13H19BrN2O2S/c1-10-7-11(14)9-13(8-10)19(17,18)16-5-3-12(15-2)4-6-16/h7-9,12,15H,3-6H2,1-2H3. The van der Waals surface area contributed by atoms with Gasteiger partial charge in [0.15, 0.2) is 0 Å². The highest BCUT2D eigenvalue weighted by molar-refractivity contribution is 9.10. The van der Waals surface area contributed by atoms with Crippen LogP contribution in [0.1, 0.15) is 18.4 Å². The third kappa shape index (κ3) is 3.37. The molecule has 1 aromatic carbocycles. The highest BCUT2D eigenvalue weighted by atomic mass is 79.9. The maximum absolute atomic E-state index is 12.6. The van der Waals surface area contributed by atoms with E-state index in [0.717, 1.165) is 22.9 Å². The summed E-state index contributed by atoms with van der Waals surface area (Å²) in [7, 11) is -1.44. The van der Waals surface area contributed by atoms with Gasteiger partial charge < -0.3 is 5.32 Å². The van der Waals surface area contributed by atoms with Gasteiger partial charge in [0.2, 0.25) is 10.0 Å². The molecule has 0 atom stereocenters. The van der Waals surface area contributed by atoms with Crippen LogP contribution < -0.4 is 5.32 Å². The highest BCUT2D eigenvalue weighted by Gasteiger charge is 2.29. The van der Waals surface area contributed by atoms with Crippen LogP contribution in [0.3, 0.4) is 0 Å². The lowest BCUT2D eigenvalue weighted by Gasteiger charge is -2.31. The summed E-state index contributed by atoms with van der Waals surface area (Å²) in [5.74, 6) is 0. The first kappa shape index (κ1) is 15.0. The molecule has 0 radical (unpaired) electrons. The summed E-state index contributed by atoms with van der Waals surface area (Å²) in [6, 6.07) is 5.74. The van der Waals surface area contributed by atoms with Gasteiger partial charge in [0.25, 0.3) is 0 Å². The Balaban J connectivity index is 2.23. The van der Waals surface area contributed by atoms with E-state index in [4.69, 9.17) is 0 Å². The van der Waals surface area contributed by atoms with Crippen molar-refractivity contribution >= 4 is 26.0 Å². The van der Waals surface area contributed by atoms with Gasteiger partial charge in [-0.25, -0.2) is 8.42 Å². The average Bonchev–Trinajstić information content (AvgIpc) is 2.37. The Morgan fingerprint density at radius 1 is 1.26 bits per heavy atom. The number of aryl methyl sites for hydroxylation is 1. The van der Waals surface area contributed by atoms with Gasteiger partial charge in [0, 0.05) is 23.6 Å². The van der Waals surface area contributed by atoms with Gasteiger partial charge in [-0.05, 0) is 50.6 Å². The molecule has 1 heterocycles. The number of rotatable bonds is 3. The first-order chi connectivity index (χ1) is 8.93. The summed E-state index contributed by atoms with van der Waals surface area (Å²) in [5.41, 5.74) is 0.943. The number of benzene rings is 1. The van der Waals surface area contributed by atoms with E-state index in [1.165, 1.54) is 0 Å². The fourth-order valence-corrected chi connectivity index (χ4v) is 4.75. The molecule has 1 fully saturated rings. The smallest absolute Gasteiger partial charge is 0.243 e. The first-order valence-electron chi connectivity index (χ1n) is 6.38. The van der Waals surface area contributed by atoms with Crippen LogP contribution >= 0.6 is 15.9 Å². The van der Waals surface area contributed by atoms with E-state index in [0.29, 0.717) is 24.0 Å². The topological polar surface area (TPSA) is 49.4 Å². The lowest BCUT2D eigenvalue weighted by atomic mass is 10.1. The van der Waals surface area contributed by atoms with Crippen LogP contribution in [0.25, 0.3) is 0 Å². The van der Waals surface area contributed by atoms with Crippen molar-refractivity contribution in [2.75, 3.05) is 20.1 Å². The van der Waals surface area contributed by atoms with Gasteiger partial charge in [-0.15, -0.1) is 0 Å². The molecular formula is C13H19BrN2O2S. The first-order valence-corrected chi connectivity index (χ1v) is 8.61. The van der Waals surface area contributed by atoms with Gasteiger partial charge >= 0.3 is 0 Å². The van der Waals surface area contributed by atoms with Crippen LogP contribution in [0.5, 0.6) is 0 Å². The lowest BCUT2D eigenvalue weighted by Crippen LogP contribution is -2.43. The molecule has 0 bridgehead atoms. The number of nitrogens with zero attached hydrogens (tertiary/aromatic N) is 1. The largest absolute Gasteiger partial charge is 0.317 e. The van der Waals surface area contributed by atoms with Crippen molar-refractivity contribution in [3.63, 3.8) is 0 Å². The fraction of sp³-hybridized carbons (Fsp3) is 0.538. The van der Waals surface area contributed by atoms with Crippen LogP contribution in [0, 0.1) is 6.92 Å². The van der Waals surface area contributed by atoms with Crippen molar-refractivity contribution in [2.24, 2.45) is 0 Å². The molecule has 0 unspecified atom stereocenters. The van der Waals surface area contributed by atoms with Crippen LogP contribution in [-0.4, -0.2) is 38.9 Å². The molecule has 1 aliphatic heterocycles. The molecule has 1 saturated heterocycles. The molecule has 1 aliphatic rings. The van der Waals surface area contributed by atoms with E-state index in [9.17, 15) is 8.42 Å². The molecule has 0 aromatic heterocycles. The molecule has 1 aromatic rings. The second-order valence-corrected chi connectivity index (χ2v) is 7.78. The zero-order valence-corrected chi connectivity index (χ0v) is 13.6. The minimum Gasteiger partial charge on any atom is -0.317 e. The van der Waals surface area contributed by atoms with Crippen LogP contribution in [0.2, 0.25) is 0 Å². The van der Waals surface area contributed by atoms with E-state index >= 15 is 0 Å². The van der Waals surface area contributed by atoms with Gasteiger partial charge in [-0.2, -0.15) is 4.31 Å². The average molecular weight is 347 g/mol. The maximum Gasteiger partial charge on any atom is 0.243 e. The minimum absolute atomic E-state index is 0.377. The number of hydrogen-bond donors (Lipinski definition) is 1. The van der Waals surface area contributed by atoms with Crippen molar-refractivity contribution in [1.82, 2.24) is 9.62 Å². The lowest BCUT2D eigenvalue weighted by molar-refractivity contribution is 0.298. The summed E-state index contributed by atoms with van der Waals surface area (Å²) in [5, 5.41) is 3.20. The van der Waals surface area contributed by atoms with Crippen LogP contribution in [0.4, 0.5) is 0 Å². The number of halogens is 1. The van der Waals surface area contributed by atoms with Gasteiger partial charge in [-0.1, -0.05) is 15.9 Å². The van der Waals surface area contributed by atoms with E-state index < -0.39 is 10.0 Å².